The number of nitro benzene ring substituents is 1. The van der Waals surface area contributed by atoms with Crippen molar-refractivity contribution in [2.45, 2.75) is 6.42 Å². The Morgan fingerprint density at radius 1 is 1.30 bits per heavy atom. The summed E-state index contributed by atoms with van der Waals surface area (Å²) in [6, 6.07) is 5.19. The Morgan fingerprint density at radius 3 is 2.65 bits per heavy atom. The first-order valence-corrected chi connectivity index (χ1v) is 5.93. The molecule has 1 radical (unpaired) electrons. The topological polar surface area (TPSA) is 78.7 Å². The van der Waals surface area contributed by atoms with E-state index in [4.69, 9.17) is 9.47 Å². The lowest BCUT2D eigenvalue weighted by atomic mass is 10.1. The molecule has 1 aliphatic carbocycles. The molecule has 0 saturated heterocycles. The van der Waals surface area contributed by atoms with Crippen LogP contribution in [0.5, 0.6) is 5.75 Å². The Kier molecular flexibility index (Phi) is 4.49. The van der Waals surface area contributed by atoms with E-state index in [-0.39, 0.29) is 18.0 Å². The van der Waals surface area contributed by atoms with E-state index in [1.54, 1.807) is 0 Å². The smallest absolute Gasteiger partial charge is 0.429 e. The van der Waals surface area contributed by atoms with Crippen molar-refractivity contribution < 1.29 is 19.2 Å². The van der Waals surface area contributed by atoms with Crippen molar-refractivity contribution in [1.82, 2.24) is 0 Å². The van der Waals surface area contributed by atoms with E-state index in [1.165, 1.54) is 24.3 Å². The van der Waals surface area contributed by atoms with Crippen molar-refractivity contribution in [1.29, 1.82) is 0 Å². The third-order valence-electron chi connectivity index (χ3n) is 2.57. The van der Waals surface area contributed by atoms with E-state index in [2.05, 4.69) is 0 Å². The molecule has 0 amide bonds. The molecule has 20 heavy (non-hydrogen) atoms. The first-order valence-electron chi connectivity index (χ1n) is 5.93. The highest BCUT2D eigenvalue weighted by atomic mass is 16.7. The third-order valence-corrected chi connectivity index (χ3v) is 2.57. The van der Waals surface area contributed by atoms with Gasteiger partial charge in [-0.3, -0.25) is 10.1 Å². The van der Waals surface area contributed by atoms with Crippen molar-refractivity contribution in [2.75, 3.05) is 6.61 Å². The molecule has 0 unspecified atom stereocenters. The molecule has 0 N–H and O–H groups in total. The summed E-state index contributed by atoms with van der Waals surface area (Å²) >= 11 is 0. The fourth-order valence-electron chi connectivity index (χ4n) is 1.57. The lowest BCUT2D eigenvalue weighted by Gasteiger charge is -2.08. The number of nitrogens with zero attached hydrogens (tertiary/aromatic N) is 1. The van der Waals surface area contributed by atoms with Crippen LogP contribution in [0.4, 0.5) is 10.5 Å². The minimum absolute atomic E-state index is 0.0699. The Morgan fingerprint density at radius 2 is 2.05 bits per heavy atom. The summed E-state index contributed by atoms with van der Waals surface area (Å²) in [5, 5.41) is 10.5. The number of carbonyl (C=O) groups is 1. The molecule has 0 fully saturated rings. The first kappa shape index (κ1) is 13.8. The maximum absolute atomic E-state index is 11.4. The minimum atomic E-state index is -0.845. The van der Waals surface area contributed by atoms with Gasteiger partial charge in [-0.1, -0.05) is 18.2 Å². The van der Waals surface area contributed by atoms with Gasteiger partial charge in [0.15, 0.2) is 0 Å². The van der Waals surface area contributed by atoms with Crippen LogP contribution >= 0.6 is 0 Å². The Hall–Kier alpha value is -2.63. The molecule has 0 bridgehead atoms. The third kappa shape index (κ3) is 3.94. The van der Waals surface area contributed by atoms with E-state index >= 15 is 0 Å². The summed E-state index contributed by atoms with van der Waals surface area (Å²) in [5.41, 5.74) is 0.826. The van der Waals surface area contributed by atoms with E-state index in [9.17, 15) is 14.9 Å². The van der Waals surface area contributed by atoms with Gasteiger partial charge in [0.25, 0.3) is 5.69 Å². The van der Waals surface area contributed by atoms with Gasteiger partial charge in [-0.2, -0.15) is 0 Å². The Balaban J connectivity index is 1.83. The molecular formula is C14H12NO5. The van der Waals surface area contributed by atoms with Crippen LogP contribution in [0.25, 0.3) is 0 Å². The van der Waals surface area contributed by atoms with Gasteiger partial charge in [-0.25, -0.2) is 4.79 Å². The van der Waals surface area contributed by atoms with Gasteiger partial charge >= 0.3 is 6.16 Å². The standard InChI is InChI=1S/C14H12NO5/c16-14(19-10-11-4-2-1-3-5-11)20-13-8-6-12(7-9-13)15(17)18/h1-2,4-9H,3,10H2. The van der Waals surface area contributed by atoms with Gasteiger partial charge in [0.2, 0.25) is 0 Å². The van der Waals surface area contributed by atoms with Crippen molar-refractivity contribution in [3.8, 4) is 5.75 Å². The Bertz CT molecular complexity index is 559. The predicted molar refractivity (Wildman–Crippen MR) is 71.2 cm³/mol. The van der Waals surface area contributed by atoms with Gasteiger partial charge in [-0.15, -0.1) is 0 Å². The summed E-state index contributed by atoms with van der Waals surface area (Å²) in [6.45, 7) is 0.135. The van der Waals surface area contributed by atoms with Gasteiger partial charge in [0.05, 0.1) is 4.92 Å². The van der Waals surface area contributed by atoms with E-state index in [0.717, 1.165) is 12.0 Å². The van der Waals surface area contributed by atoms with Crippen LogP contribution in [-0.2, 0) is 4.74 Å². The van der Waals surface area contributed by atoms with Crippen LogP contribution in [0.3, 0.4) is 0 Å². The van der Waals surface area contributed by atoms with E-state index in [1.807, 2.05) is 24.6 Å². The van der Waals surface area contributed by atoms with Crippen LogP contribution in [0.15, 0.2) is 48.1 Å². The first-order chi connectivity index (χ1) is 9.65. The summed E-state index contributed by atoms with van der Waals surface area (Å²) in [6.07, 6.45) is 7.63. The van der Waals surface area contributed by atoms with Gasteiger partial charge in [-0.05, 0) is 30.5 Å². The second-order valence-electron chi connectivity index (χ2n) is 4.00. The molecule has 6 nitrogen and oxygen atoms in total. The average molecular weight is 274 g/mol. The highest BCUT2D eigenvalue weighted by Gasteiger charge is 2.10. The number of nitro groups is 1. The number of ether oxygens (including phenoxy) is 2. The SMILES string of the molecule is O=C(OCC1=CC[CH]C=C1)Oc1ccc([N+](=O)[O-])cc1. The lowest BCUT2D eigenvalue weighted by Crippen LogP contribution is -2.12. The zero-order chi connectivity index (χ0) is 14.4. The van der Waals surface area contributed by atoms with Gasteiger partial charge in [0.1, 0.15) is 12.4 Å². The molecule has 1 aromatic rings. The highest BCUT2D eigenvalue weighted by molar-refractivity contribution is 5.64. The number of benzene rings is 1. The number of non-ortho nitro benzene ring substituents is 1. The number of allylic oxidation sites excluding steroid dienone is 2. The van der Waals surface area contributed by atoms with E-state index < -0.39 is 11.1 Å². The maximum atomic E-state index is 11.4. The maximum Gasteiger partial charge on any atom is 0.514 e. The molecule has 1 aliphatic rings. The lowest BCUT2D eigenvalue weighted by molar-refractivity contribution is -0.384. The molecule has 1 aromatic carbocycles. The van der Waals surface area contributed by atoms with E-state index in [0.29, 0.717) is 0 Å². The van der Waals surface area contributed by atoms with Crippen molar-refractivity contribution in [2.24, 2.45) is 0 Å². The van der Waals surface area contributed by atoms with Crippen LogP contribution in [0, 0.1) is 16.5 Å². The molecule has 2 rings (SSSR count). The number of carbonyl (C=O) groups excluding carboxylic acids is 1. The second-order valence-corrected chi connectivity index (χ2v) is 4.00. The monoisotopic (exact) mass is 274 g/mol. The summed E-state index contributed by atoms with van der Waals surface area (Å²) in [7, 11) is 0. The van der Waals surface area contributed by atoms with Crippen LogP contribution < -0.4 is 4.74 Å². The number of rotatable bonds is 4. The van der Waals surface area contributed by atoms with Crippen LogP contribution in [0.1, 0.15) is 6.42 Å². The molecular weight excluding hydrogens is 262 g/mol. The molecule has 0 atom stereocenters. The molecule has 0 aromatic heterocycles. The molecule has 0 heterocycles. The van der Waals surface area contributed by atoms with Crippen LogP contribution in [-0.4, -0.2) is 17.7 Å². The molecule has 0 saturated carbocycles. The number of hydrogen-bond acceptors (Lipinski definition) is 5. The van der Waals surface area contributed by atoms with Gasteiger partial charge < -0.3 is 9.47 Å². The minimum Gasteiger partial charge on any atom is -0.429 e. The molecule has 6 heteroatoms. The summed E-state index contributed by atoms with van der Waals surface area (Å²) in [4.78, 5) is 21.4. The van der Waals surface area contributed by atoms with Crippen molar-refractivity contribution in [3.63, 3.8) is 0 Å². The number of hydrogen-bond donors (Lipinski definition) is 0. The molecule has 103 valence electrons. The zero-order valence-electron chi connectivity index (χ0n) is 10.5. The summed E-state index contributed by atoms with van der Waals surface area (Å²) < 4.78 is 9.83. The normalized spacial score (nSPS) is 13.5. The van der Waals surface area contributed by atoms with Crippen LogP contribution in [0.2, 0.25) is 0 Å². The van der Waals surface area contributed by atoms with Gasteiger partial charge in [0, 0.05) is 12.1 Å². The predicted octanol–water partition coefficient (Wildman–Crippen LogP) is 3.20. The highest BCUT2D eigenvalue weighted by Crippen LogP contribution is 2.18. The zero-order valence-corrected chi connectivity index (χ0v) is 10.5. The summed E-state index contributed by atoms with van der Waals surface area (Å²) in [5.74, 6) is 0.196. The quantitative estimate of drug-likeness (QED) is 0.364. The molecule has 0 aliphatic heterocycles. The van der Waals surface area contributed by atoms with Crippen molar-refractivity contribution in [3.05, 3.63) is 64.6 Å². The second kappa shape index (κ2) is 6.51. The largest absolute Gasteiger partial charge is 0.514 e. The van der Waals surface area contributed by atoms with Crippen molar-refractivity contribution >= 4 is 11.8 Å². The average Bonchev–Trinajstić information content (AvgIpc) is 2.47. The molecule has 0 spiro atoms. The fraction of sp³-hybridized carbons (Fsp3) is 0.143. The fourth-order valence-corrected chi connectivity index (χ4v) is 1.57. The Labute approximate surface area is 115 Å².